The van der Waals surface area contributed by atoms with Gasteiger partial charge in [0.25, 0.3) is 0 Å². The van der Waals surface area contributed by atoms with Crippen molar-refractivity contribution in [3.8, 4) is 0 Å². The summed E-state index contributed by atoms with van der Waals surface area (Å²) in [6.07, 6.45) is 5.45. The SMILES string of the molecule is CC1(C)COC(C)(C)N1C(=O)O[C@H]1[C@H]([CH-]c2ccccc2)CN2CCCC[C@H]12.[Li+]. The van der Waals surface area contributed by atoms with Gasteiger partial charge in [0.2, 0.25) is 0 Å². The second-order valence-electron chi connectivity index (χ2n) is 9.53. The van der Waals surface area contributed by atoms with Crippen molar-refractivity contribution in [2.24, 2.45) is 5.92 Å². The minimum Gasteiger partial charge on any atom is -0.445 e. The van der Waals surface area contributed by atoms with Gasteiger partial charge in [0.15, 0.2) is 0 Å². The van der Waals surface area contributed by atoms with E-state index in [-0.39, 0.29) is 42.5 Å². The summed E-state index contributed by atoms with van der Waals surface area (Å²) in [4.78, 5) is 17.6. The zero-order valence-electron chi connectivity index (χ0n) is 18.6. The second kappa shape index (κ2) is 8.55. The van der Waals surface area contributed by atoms with Gasteiger partial charge in [-0.05, 0) is 59.5 Å². The Balaban J connectivity index is 0.00000240. The third kappa shape index (κ3) is 4.49. The number of hydrogen-bond acceptors (Lipinski definition) is 4. The third-order valence-corrected chi connectivity index (χ3v) is 6.46. The van der Waals surface area contributed by atoms with Gasteiger partial charge in [0, 0.05) is 6.04 Å². The molecular formula is C23H33LiN2O3. The molecule has 0 spiro atoms. The summed E-state index contributed by atoms with van der Waals surface area (Å²) in [5, 5.41) is 0. The Hall–Kier alpha value is -1.12. The van der Waals surface area contributed by atoms with Gasteiger partial charge < -0.3 is 9.47 Å². The maximum Gasteiger partial charge on any atom is 1.00 e. The molecule has 1 aromatic rings. The number of benzene rings is 1. The maximum absolute atomic E-state index is 13.3. The fourth-order valence-electron chi connectivity index (χ4n) is 5.25. The first-order valence-corrected chi connectivity index (χ1v) is 10.6. The molecule has 5 nitrogen and oxygen atoms in total. The number of piperidine rings is 1. The van der Waals surface area contributed by atoms with Crippen LogP contribution in [0.5, 0.6) is 0 Å². The van der Waals surface area contributed by atoms with E-state index in [0.717, 1.165) is 19.5 Å². The summed E-state index contributed by atoms with van der Waals surface area (Å²) in [6.45, 7) is 10.5. The molecule has 0 saturated carbocycles. The van der Waals surface area contributed by atoms with Gasteiger partial charge in [-0.25, -0.2) is 4.79 Å². The molecule has 0 aromatic heterocycles. The topological polar surface area (TPSA) is 42.0 Å². The van der Waals surface area contributed by atoms with E-state index in [1.54, 1.807) is 4.90 Å². The van der Waals surface area contributed by atoms with Crippen molar-refractivity contribution in [2.45, 2.75) is 70.4 Å². The number of fused-ring (bicyclic) bond motifs is 1. The van der Waals surface area contributed by atoms with E-state index < -0.39 is 5.72 Å². The van der Waals surface area contributed by atoms with Crippen LogP contribution in [0.2, 0.25) is 0 Å². The van der Waals surface area contributed by atoms with Crippen molar-refractivity contribution in [1.82, 2.24) is 9.80 Å². The summed E-state index contributed by atoms with van der Waals surface area (Å²) in [6, 6.07) is 10.7. The Labute approximate surface area is 187 Å². The van der Waals surface area contributed by atoms with Crippen molar-refractivity contribution >= 4 is 6.09 Å². The van der Waals surface area contributed by atoms with Crippen molar-refractivity contribution in [2.75, 3.05) is 19.7 Å². The van der Waals surface area contributed by atoms with Gasteiger partial charge in [-0.1, -0.05) is 12.5 Å². The molecule has 1 aromatic carbocycles. The van der Waals surface area contributed by atoms with Gasteiger partial charge in [-0.3, -0.25) is 9.80 Å². The van der Waals surface area contributed by atoms with Gasteiger partial charge in [0.05, 0.1) is 12.1 Å². The Morgan fingerprint density at radius 3 is 2.55 bits per heavy atom. The van der Waals surface area contributed by atoms with Gasteiger partial charge in [-0.15, -0.1) is 12.1 Å². The maximum atomic E-state index is 13.3. The van der Waals surface area contributed by atoms with Gasteiger partial charge in [0.1, 0.15) is 11.8 Å². The molecule has 3 atom stereocenters. The molecule has 3 heterocycles. The minimum absolute atomic E-state index is 0. The standard InChI is InChI=1S/C23H33N2O3.Li/c1-22(2)16-27-23(3,4)25(22)21(26)28-20-18(14-17-10-6-5-7-11-17)15-24-13-9-8-12-19(20)24;/h5-7,10-11,14,18-20H,8-9,12-13,15-16H2,1-4H3;/q-1;+1/t18-,19-,20+;/m1./s1. The van der Waals surface area contributed by atoms with Crippen LogP contribution < -0.4 is 18.9 Å². The average Bonchev–Trinajstić information content (AvgIpc) is 3.09. The van der Waals surface area contributed by atoms with E-state index in [4.69, 9.17) is 9.47 Å². The van der Waals surface area contributed by atoms with Gasteiger partial charge >= 0.3 is 25.0 Å². The Bertz CT molecular complexity index is 693. The van der Waals surface area contributed by atoms with E-state index >= 15 is 0 Å². The van der Waals surface area contributed by atoms with Crippen LogP contribution in [-0.2, 0) is 9.47 Å². The molecule has 0 aliphatic carbocycles. The van der Waals surface area contributed by atoms with Crippen LogP contribution in [0.4, 0.5) is 4.79 Å². The van der Waals surface area contributed by atoms with E-state index in [9.17, 15) is 4.79 Å². The van der Waals surface area contributed by atoms with E-state index in [0.29, 0.717) is 12.6 Å². The first-order valence-electron chi connectivity index (χ1n) is 10.6. The number of amides is 1. The van der Waals surface area contributed by atoms with Crippen LogP contribution in [0.15, 0.2) is 30.3 Å². The molecule has 1 amide bonds. The number of carbonyl (C=O) groups is 1. The Kier molecular flexibility index (Phi) is 6.65. The predicted octanol–water partition coefficient (Wildman–Crippen LogP) is 1.08. The molecule has 0 bridgehead atoms. The zero-order valence-corrected chi connectivity index (χ0v) is 18.6. The normalized spacial score (nSPS) is 30.3. The number of carbonyl (C=O) groups excluding carboxylic acids is 1. The third-order valence-electron chi connectivity index (χ3n) is 6.46. The van der Waals surface area contributed by atoms with Crippen molar-refractivity contribution in [3.05, 3.63) is 42.3 Å². The van der Waals surface area contributed by atoms with E-state index in [1.807, 2.05) is 33.8 Å². The van der Waals surface area contributed by atoms with Crippen LogP contribution in [0.3, 0.4) is 0 Å². The molecule has 3 aliphatic heterocycles. The molecule has 0 radical (unpaired) electrons. The average molecular weight is 392 g/mol. The number of hydrogen-bond donors (Lipinski definition) is 0. The largest absolute Gasteiger partial charge is 1.00 e. The molecule has 6 heteroatoms. The molecule has 0 N–H and O–H groups in total. The second-order valence-corrected chi connectivity index (χ2v) is 9.53. The zero-order chi connectivity index (χ0) is 19.9. The molecule has 3 saturated heterocycles. The van der Waals surface area contributed by atoms with Crippen LogP contribution >= 0.6 is 0 Å². The predicted molar refractivity (Wildman–Crippen MR) is 109 cm³/mol. The van der Waals surface area contributed by atoms with Crippen LogP contribution in [0.1, 0.15) is 52.5 Å². The summed E-state index contributed by atoms with van der Waals surface area (Å²) in [7, 11) is 0. The van der Waals surface area contributed by atoms with Crippen molar-refractivity contribution < 1.29 is 33.1 Å². The molecule has 29 heavy (non-hydrogen) atoms. The number of ether oxygens (including phenoxy) is 2. The monoisotopic (exact) mass is 392 g/mol. The summed E-state index contributed by atoms with van der Waals surface area (Å²) in [5.41, 5.74) is 0.173. The van der Waals surface area contributed by atoms with Crippen LogP contribution in [0, 0.1) is 12.3 Å². The Morgan fingerprint density at radius 2 is 1.90 bits per heavy atom. The van der Waals surface area contributed by atoms with Crippen LogP contribution in [0.25, 0.3) is 0 Å². The minimum atomic E-state index is -0.649. The number of rotatable bonds is 3. The van der Waals surface area contributed by atoms with Gasteiger partial charge in [-0.2, -0.15) is 24.1 Å². The van der Waals surface area contributed by atoms with E-state index in [2.05, 4.69) is 35.6 Å². The molecule has 3 fully saturated rings. The molecule has 154 valence electrons. The molecule has 3 aliphatic rings. The smallest absolute Gasteiger partial charge is 0.445 e. The summed E-state index contributed by atoms with van der Waals surface area (Å²) >= 11 is 0. The fourth-order valence-corrected chi connectivity index (χ4v) is 5.25. The first kappa shape index (κ1) is 22.6. The molecular weight excluding hydrogens is 359 g/mol. The van der Waals surface area contributed by atoms with E-state index in [1.165, 1.54) is 18.4 Å². The molecule has 0 unspecified atom stereocenters. The first-order chi connectivity index (χ1) is 13.3. The van der Waals surface area contributed by atoms with Crippen molar-refractivity contribution in [3.63, 3.8) is 0 Å². The fraction of sp³-hybridized carbons (Fsp3) is 0.652. The number of nitrogens with zero attached hydrogens (tertiary/aromatic N) is 2. The van der Waals surface area contributed by atoms with Crippen LogP contribution in [-0.4, -0.2) is 59.0 Å². The van der Waals surface area contributed by atoms with Crippen molar-refractivity contribution in [1.29, 1.82) is 0 Å². The quantitative estimate of drug-likeness (QED) is 0.570. The summed E-state index contributed by atoms with van der Waals surface area (Å²) < 4.78 is 12.1. The summed E-state index contributed by atoms with van der Waals surface area (Å²) in [5.74, 6) is 0.212. The Morgan fingerprint density at radius 1 is 1.17 bits per heavy atom. The molecule has 4 rings (SSSR count).